The van der Waals surface area contributed by atoms with E-state index in [4.69, 9.17) is 14.2 Å². The molecule has 4 aromatic rings. The van der Waals surface area contributed by atoms with E-state index in [1.807, 2.05) is 20.8 Å². The Morgan fingerprint density at radius 1 is 0.490 bits per heavy atom. The van der Waals surface area contributed by atoms with Gasteiger partial charge in [0.1, 0.15) is 34.5 Å². The van der Waals surface area contributed by atoms with Crippen molar-refractivity contribution in [1.29, 1.82) is 0 Å². The van der Waals surface area contributed by atoms with Crippen LogP contribution in [-0.4, -0.2) is 76.7 Å². The molecule has 0 radical (unpaired) electrons. The molecule has 12 N–H and O–H groups in total. The number of hydrogen-bond acceptors (Lipinski definition) is 15. The first-order chi connectivity index (χ1) is 24.3. The Bertz CT molecular complexity index is 1600. The topological polar surface area (TPSA) is 254 Å². The summed E-state index contributed by atoms with van der Waals surface area (Å²) in [6.45, 7) is 5.58. The van der Waals surface area contributed by atoms with E-state index in [9.17, 15) is 29.7 Å². The second-order valence-electron chi connectivity index (χ2n) is 10.6. The van der Waals surface area contributed by atoms with Crippen LogP contribution in [0.1, 0.15) is 47.8 Å². The number of carbonyl (C=O) groups is 3. The van der Waals surface area contributed by atoms with Gasteiger partial charge in [-0.2, -0.15) is 0 Å². The van der Waals surface area contributed by atoms with Gasteiger partial charge in [-0.25, -0.2) is 0 Å². The van der Waals surface area contributed by atoms with Crippen LogP contribution in [0, 0.1) is 20.8 Å². The van der Waals surface area contributed by atoms with Crippen molar-refractivity contribution >= 4 is 18.9 Å². The van der Waals surface area contributed by atoms with Crippen LogP contribution in [0.3, 0.4) is 0 Å². The number of nitrogens with one attached hydrogen (secondary N) is 3. The summed E-state index contributed by atoms with van der Waals surface area (Å²) in [5.74, 6) is 13.9. The number of phenolic OH excluding ortho intramolecular Hbond substituents is 3. The summed E-state index contributed by atoms with van der Waals surface area (Å²) in [7, 11) is 9.29. The van der Waals surface area contributed by atoms with Gasteiger partial charge in [0.2, 0.25) is 0 Å². The molecule has 0 atom stereocenters. The molecule has 0 aliphatic rings. The van der Waals surface area contributed by atoms with Gasteiger partial charge in [0.25, 0.3) is 0 Å². The number of aromatic hydroxyl groups is 3. The summed E-state index contributed by atoms with van der Waals surface area (Å²) in [4.78, 5) is 35.5. The minimum absolute atomic E-state index is 0.0455. The molecule has 51 heavy (non-hydrogen) atoms. The van der Waals surface area contributed by atoms with E-state index in [2.05, 4.69) is 33.8 Å². The van der Waals surface area contributed by atoms with Gasteiger partial charge in [-0.1, -0.05) is 0 Å². The van der Waals surface area contributed by atoms with Gasteiger partial charge in [-0.3, -0.25) is 48.2 Å². The molecular formula is C36H48N6O9. The Morgan fingerprint density at radius 3 is 0.843 bits per heavy atom. The Labute approximate surface area is 297 Å². The average Bonchev–Trinajstić information content (AvgIpc) is 3.10. The Hall–Kier alpha value is -5.55. The van der Waals surface area contributed by atoms with Crippen molar-refractivity contribution in [3.63, 3.8) is 0 Å². The molecule has 4 rings (SSSR count). The lowest BCUT2D eigenvalue weighted by molar-refractivity contribution is 0.111. The number of rotatable bonds is 9. The number of carbonyl (C=O) groups excluding carboxylic acids is 3. The largest absolute Gasteiger partial charge is 0.507 e. The highest BCUT2D eigenvalue weighted by Gasteiger charge is 2.27. The van der Waals surface area contributed by atoms with Gasteiger partial charge >= 0.3 is 0 Å². The average molecular weight is 709 g/mol. The molecule has 0 fully saturated rings. The van der Waals surface area contributed by atoms with Crippen molar-refractivity contribution < 1.29 is 43.9 Å². The van der Waals surface area contributed by atoms with Crippen molar-refractivity contribution in [3.05, 3.63) is 69.8 Å². The number of methoxy groups -OCH3 is 3. The highest BCUT2D eigenvalue weighted by atomic mass is 16.5. The Kier molecular flexibility index (Phi) is 17.8. The number of aldehydes is 3. The number of benzene rings is 4. The fraction of sp³-hybridized carbons (Fsp3) is 0.250. The molecule has 0 aromatic heterocycles. The summed E-state index contributed by atoms with van der Waals surface area (Å²) in [5, 5.41) is 31.2. The number of phenols is 3. The molecule has 4 aromatic carbocycles. The highest BCUT2D eigenvalue weighted by molar-refractivity contribution is 5.98. The molecule has 0 aliphatic carbocycles. The third kappa shape index (κ3) is 9.79. The summed E-state index contributed by atoms with van der Waals surface area (Å²) in [5.41, 5.74) is 12.4. The zero-order chi connectivity index (χ0) is 39.0. The summed E-state index contributed by atoms with van der Waals surface area (Å²) in [6.07, 6.45) is 1.62. The van der Waals surface area contributed by atoms with Crippen molar-refractivity contribution in [2.75, 3.05) is 42.5 Å². The Balaban J connectivity index is 0.00000131. The summed E-state index contributed by atoms with van der Waals surface area (Å²) < 4.78 is 16.9. The first-order valence-corrected chi connectivity index (χ1v) is 15.2. The predicted molar refractivity (Wildman–Crippen MR) is 198 cm³/mol. The fourth-order valence-electron chi connectivity index (χ4n) is 5.56. The van der Waals surface area contributed by atoms with Crippen molar-refractivity contribution in [2.45, 2.75) is 20.8 Å². The zero-order valence-corrected chi connectivity index (χ0v) is 30.2. The Morgan fingerprint density at radius 2 is 0.686 bits per heavy atom. The van der Waals surface area contributed by atoms with E-state index in [1.54, 1.807) is 21.1 Å². The molecule has 0 amide bonds. The van der Waals surface area contributed by atoms with Crippen LogP contribution in [-0.2, 0) is 0 Å². The summed E-state index contributed by atoms with van der Waals surface area (Å²) >= 11 is 0. The van der Waals surface area contributed by atoms with Gasteiger partial charge in [0.15, 0.2) is 18.9 Å². The molecule has 0 spiro atoms. The lowest BCUT2D eigenvalue weighted by Crippen LogP contribution is -2.13. The molecule has 0 saturated carbocycles. The fourth-order valence-corrected chi connectivity index (χ4v) is 5.56. The lowest BCUT2D eigenvalue weighted by atomic mass is 9.79. The van der Waals surface area contributed by atoms with E-state index < -0.39 is 0 Å². The SMILES string of the molecule is CNN.CNN.CNN.COc1cc(O)c(C=O)cc1-c1c(C)c(-c2cc(C=O)c(O)cc2OC)c(C)c(-c2cc(C=O)c(O)cc2OC)c1C. The highest BCUT2D eigenvalue weighted by Crippen LogP contribution is 2.51. The normalized spacial score (nSPS) is 9.88. The first kappa shape index (κ1) is 43.5. The number of hydrogen-bond donors (Lipinski definition) is 9. The van der Waals surface area contributed by atoms with Crippen LogP contribution < -0.4 is 48.0 Å². The second kappa shape index (κ2) is 20.8. The van der Waals surface area contributed by atoms with Gasteiger partial charge in [-0.05, 0) is 93.5 Å². The van der Waals surface area contributed by atoms with Gasteiger partial charge in [0, 0.05) is 34.9 Å². The molecule has 0 saturated heterocycles. The van der Waals surface area contributed by atoms with Crippen molar-refractivity contribution in [1.82, 2.24) is 16.3 Å². The minimum Gasteiger partial charge on any atom is -0.507 e. The van der Waals surface area contributed by atoms with Crippen LogP contribution in [0.15, 0.2) is 36.4 Å². The molecule has 276 valence electrons. The van der Waals surface area contributed by atoms with Crippen LogP contribution in [0.5, 0.6) is 34.5 Å². The maximum Gasteiger partial charge on any atom is 0.153 e. The molecular weight excluding hydrogens is 660 g/mol. The second-order valence-corrected chi connectivity index (χ2v) is 10.6. The zero-order valence-electron chi connectivity index (χ0n) is 30.2. The van der Waals surface area contributed by atoms with Crippen LogP contribution >= 0.6 is 0 Å². The number of nitrogens with two attached hydrogens (primary N) is 3. The molecule has 15 nitrogen and oxygen atoms in total. The third-order valence-electron chi connectivity index (χ3n) is 7.49. The van der Waals surface area contributed by atoms with E-state index in [0.29, 0.717) is 86.2 Å². The van der Waals surface area contributed by atoms with E-state index >= 15 is 0 Å². The van der Waals surface area contributed by atoms with Gasteiger partial charge in [0.05, 0.1) is 38.0 Å². The molecule has 15 heteroatoms. The number of hydrazine groups is 3. The molecule has 0 bridgehead atoms. The van der Waals surface area contributed by atoms with Crippen molar-refractivity contribution in [3.8, 4) is 67.9 Å². The molecule has 0 aliphatic heterocycles. The van der Waals surface area contributed by atoms with Crippen LogP contribution in [0.4, 0.5) is 0 Å². The van der Waals surface area contributed by atoms with Crippen LogP contribution in [0.2, 0.25) is 0 Å². The minimum atomic E-state index is -0.250. The predicted octanol–water partition coefficient (Wildman–Crippen LogP) is 3.43. The maximum absolute atomic E-state index is 11.8. The molecule has 0 unspecified atom stereocenters. The van der Waals surface area contributed by atoms with Gasteiger partial charge in [-0.15, -0.1) is 0 Å². The lowest BCUT2D eigenvalue weighted by Gasteiger charge is -2.26. The molecule has 0 heterocycles. The smallest absolute Gasteiger partial charge is 0.153 e. The quantitative estimate of drug-likeness (QED) is 0.0686. The maximum atomic E-state index is 11.8. The first-order valence-electron chi connectivity index (χ1n) is 15.2. The van der Waals surface area contributed by atoms with E-state index in [-0.39, 0.29) is 33.9 Å². The number of ether oxygens (including phenoxy) is 3. The van der Waals surface area contributed by atoms with Gasteiger partial charge < -0.3 is 29.5 Å². The van der Waals surface area contributed by atoms with E-state index in [1.165, 1.54) is 57.7 Å². The standard InChI is InChI=1S/C33H30O9.3CH6N2/c1-16-31(22-7-19(13-34)25(37)10-28(22)40-4)17(2)33(24-9-21(15-36)27(39)12-30(24)42-6)18(3)32(16)23-8-20(14-35)26(38)11-29(23)41-5;3*1-3-2/h7-15,37-39H,1-6H3;3*3H,2H2,1H3. The van der Waals surface area contributed by atoms with Crippen molar-refractivity contribution in [2.24, 2.45) is 17.5 Å². The van der Waals surface area contributed by atoms with E-state index in [0.717, 1.165) is 0 Å². The summed E-state index contributed by atoms with van der Waals surface area (Å²) in [6, 6.07) is 8.64. The monoisotopic (exact) mass is 708 g/mol. The van der Waals surface area contributed by atoms with Crippen LogP contribution in [0.25, 0.3) is 33.4 Å². The third-order valence-corrected chi connectivity index (χ3v) is 7.49.